The van der Waals surface area contributed by atoms with Crippen molar-refractivity contribution >= 4 is 5.97 Å². The topological polar surface area (TPSA) is 26.3 Å². The highest BCUT2D eigenvalue weighted by Crippen LogP contribution is 2.10. The van der Waals surface area contributed by atoms with Gasteiger partial charge in [-0.2, -0.15) is 0 Å². The van der Waals surface area contributed by atoms with Crippen LogP contribution in [0.25, 0.3) is 0 Å². The predicted octanol–water partition coefficient (Wildman–Crippen LogP) is 2.74. The van der Waals surface area contributed by atoms with Gasteiger partial charge in [-0.15, -0.1) is 0 Å². The first-order valence-corrected chi connectivity index (χ1v) is 5.05. The van der Waals surface area contributed by atoms with Crippen molar-refractivity contribution in [2.24, 2.45) is 0 Å². The SMILES string of the molecule is CC=C(CCc1ccccc1)C(=O)OC. The standard InChI is InChI=1S/C13H16O2/c1-3-12(13(14)15-2)10-9-11-7-5-4-6-8-11/h3-8H,9-10H2,1-2H3. The third-order valence-corrected chi connectivity index (χ3v) is 2.32. The molecule has 2 heteroatoms. The number of aryl methyl sites for hydroxylation is 1. The van der Waals surface area contributed by atoms with Crippen LogP contribution in [0.4, 0.5) is 0 Å². The van der Waals surface area contributed by atoms with E-state index < -0.39 is 0 Å². The summed E-state index contributed by atoms with van der Waals surface area (Å²) in [7, 11) is 1.41. The zero-order valence-electron chi connectivity index (χ0n) is 9.19. The maximum absolute atomic E-state index is 11.3. The van der Waals surface area contributed by atoms with Crippen molar-refractivity contribution in [2.45, 2.75) is 19.8 Å². The third kappa shape index (κ3) is 3.58. The molecule has 80 valence electrons. The molecule has 1 rings (SSSR count). The Bertz CT molecular complexity index is 339. The summed E-state index contributed by atoms with van der Waals surface area (Å²) in [6.07, 6.45) is 3.41. The molecular formula is C13H16O2. The molecule has 1 aromatic carbocycles. The molecule has 0 fully saturated rings. The van der Waals surface area contributed by atoms with Gasteiger partial charge >= 0.3 is 5.97 Å². The van der Waals surface area contributed by atoms with Crippen LogP contribution >= 0.6 is 0 Å². The molecule has 0 aliphatic rings. The van der Waals surface area contributed by atoms with Gasteiger partial charge in [0.2, 0.25) is 0 Å². The van der Waals surface area contributed by atoms with Crippen LogP contribution in [0.1, 0.15) is 18.9 Å². The van der Waals surface area contributed by atoms with Crippen LogP contribution in [-0.2, 0) is 16.0 Å². The van der Waals surface area contributed by atoms with E-state index >= 15 is 0 Å². The third-order valence-electron chi connectivity index (χ3n) is 2.32. The lowest BCUT2D eigenvalue weighted by molar-refractivity contribution is -0.136. The molecule has 0 aromatic heterocycles. The molecule has 0 N–H and O–H groups in total. The fourth-order valence-electron chi connectivity index (χ4n) is 1.42. The highest BCUT2D eigenvalue weighted by atomic mass is 16.5. The molecule has 0 aliphatic carbocycles. The molecule has 0 radical (unpaired) electrons. The van der Waals surface area contributed by atoms with Gasteiger partial charge in [0.05, 0.1) is 7.11 Å². The fraction of sp³-hybridized carbons (Fsp3) is 0.308. The summed E-state index contributed by atoms with van der Waals surface area (Å²) in [6.45, 7) is 1.86. The summed E-state index contributed by atoms with van der Waals surface area (Å²) in [4.78, 5) is 11.3. The van der Waals surface area contributed by atoms with Crippen molar-refractivity contribution in [3.63, 3.8) is 0 Å². The summed E-state index contributed by atoms with van der Waals surface area (Å²) in [5.41, 5.74) is 1.97. The Kier molecular flexibility index (Phi) is 4.61. The number of carbonyl (C=O) groups is 1. The van der Waals surface area contributed by atoms with Crippen LogP contribution < -0.4 is 0 Å². The number of esters is 1. The predicted molar refractivity (Wildman–Crippen MR) is 60.5 cm³/mol. The number of hydrogen-bond donors (Lipinski definition) is 0. The monoisotopic (exact) mass is 204 g/mol. The lowest BCUT2D eigenvalue weighted by Crippen LogP contribution is -2.05. The normalized spacial score (nSPS) is 11.2. The summed E-state index contributed by atoms with van der Waals surface area (Å²) in [6, 6.07) is 10.1. The van der Waals surface area contributed by atoms with Gasteiger partial charge in [-0.25, -0.2) is 4.79 Å². The molecule has 0 saturated heterocycles. The first-order chi connectivity index (χ1) is 7.27. The Morgan fingerprint density at radius 1 is 1.33 bits per heavy atom. The highest BCUT2D eigenvalue weighted by molar-refractivity contribution is 5.88. The second kappa shape index (κ2) is 6.02. The lowest BCUT2D eigenvalue weighted by atomic mass is 10.0. The second-order valence-electron chi connectivity index (χ2n) is 3.29. The van der Waals surface area contributed by atoms with Gasteiger partial charge in [0.1, 0.15) is 0 Å². The number of rotatable bonds is 4. The van der Waals surface area contributed by atoms with Crippen molar-refractivity contribution in [1.29, 1.82) is 0 Å². The van der Waals surface area contributed by atoms with E-state index in [4.69, 9.17) is 0 Å². The van der Waals surface area contributed by atoms with Crippen molar-refractivity contribution in [3.8, 4) is 0 Å². The molecule has 2 nitrogen and oxygen atoms in total. The van der Waals surface area contributed by atoms with E-state index in [1.807, 2.05) is 31.2 Å². The van der Waals surface area contributed by atoms with Crippen LogP contribution in [0.5, 0.6) is 0 Å². The quantitative estimate of drug-likeness (QED) is 0.557. The Balaban J connectivity index is 2.53. The van der Waals surface area contributed by atoms with Gasteiger partial charge in [-0.3, -0.25) is 0 Å². The molecule has 0 saturated carbocycles. The fourth-order valence-corrected chi connectivity index (χ4v) is 1.42. The molecule has 0 spiro atoms. The lowest BCUT2D eigenvalue weighted by Gasteiger charge is -2.04. The van der Waals surface area contributed by atoms with Gasteiger partial charge in [-0.1, -0.05) is 36.4 Å². The van der Waals surface area contributed by atoms with E-state index in [1.165, 1.54) is 12.7 Å². The Morgan fingerprint density at radius 3 is 2.53 bits per heavy atom. The van der Waals surface area contributed by atoms with E-state index in [1.54, 1.807) is 0 Å². The van der Waals surface area contributed by atoms with E-state index in [9.17, 15) is 4.79 Å². The smallest absolute Gasteiger partial charge is 0.333 e. The number of hydrogen-bond acceptors (Lipinski definition) is 2. The maximum atomic E-state index is 11.3. The zero-order chi connectivity index (χ0) is 11.1. The van der Waals surface area contributed by atoms with Crippen LogP contribution in [0.2, 0.25) is 0 Å². The first kappa shape index (κ1) is 11.5. The average Bonchev–Trinajstić information content (AvgIpc) is 2.31. The Labute approximate surface area is 90.6 Å². The van der Waals surface area contributed by atoms with Crippen molar-refractivity contribution < 1.29 is 9.53 Å². The number of allylic oxidation sites excluding steroid dienone is 1. The first-order valence-electron chi connectivity index (χ1n) is 5.05. The zero-order valence-corrected chi connectivity index (χ0v) is 9.19. The highest BCUT2D eigenvalue weighted by Gasteiger charge is 2.07. The van der Waals surface area contributed by atoms with Crippen molar-refractivity contribution in [1.82, 2.24) is 0 Å². The molecule has 0 amide bonds. The summed E-state index contributed by atoms with van der Waals surface area (Å²) >= 11 is 0. The molecule has 0 heterocycles. The Morgan fingerprint density at radius 2 is 2.00 bits per heavy atom. The number of methoxy groups -OCH3 is 1. The summed E-state index contributed by atoms with van der Waals surface area (Å²) < 4.78 is 4.68. The van der Waals surface area contributed by atoms with Crippen LogP contribution in [0.15, 0.2) is 42.0 Å². The van der Waals surface area contributed by atoms with E-state index in [-0.39, 0.29) is 5.97 Å². The van der Waals surface area contributed by atoms with Gasteiger partial charge in [0.15, 0.2) is 0 Å². The van der Waals surface area contributed by atoms with E-state index in [0.29, 0.717) is 0 Å². The van der Waals surface area contributed by atoms with Crippen LogP contribution in [-0.4, -0.2) is 13.1 Å². The minimum absolute atomic E-state index is 0.228. The minimum atomic E-state index is -0.228. The molecule has 0 unspecified atom stereocenters. The number of benzene rings is 1. The largest absolute Gasteiger partial charge is 0.466 e. The molecule has 0 atom stereocenters. The van der Waals surface area contributed by atoms with Crippen molar-refractivity contribution in [2.75, 3.05) is 7.11 Å². The van der Waals surface area contributed by atoms with Gasteiger partial charge in [0.25, 0.3) is 0 Å². The van der Waals surface area contributed by atoms with Crippen LogP contribution in [0.3, 0.4) is 0 Å². The molecule has 1 aromatic rings. The van der Waals surface area contributed by atoms with Gasteiger partial charge in [0, 0.05) is 5.57 Å². The van der Waals surface area contributed by atoms with Gasteiger partial charge < -0.3 is 4.74 Å². The average molecular weight is 204 g/mol. The van der Waals surface area contributed by atoms with E-state index in [2.05, 4.69) is 16.9 Å². The number of carbonyl (C=O) groups excluding carboxylic acids is 1. The second-order valence-corrected chi connectivity index (χ2v) is 3.29. The van der Waals surface area contributed by atoms with Gasteiger partial charge in [-0.05, 0) is 25.3 Å². The molecule has 0 aliphatic heterocycles. The number of ether oxygens (including phenoxy) is 1. The summed E-state index contributed by atoms with van der Waals surface area (Å²) in [5.74, 6) is -0.228. The minimum Gasteiger partial charge on any atom is -0.466 e. The Hall–Kier alpha value is -1.57. The molecular weight excluding hydrogens is 188 g/mol. The van der Waals surface area contributed by atoms with Crippen LogP contribution in [0, 0.1) is 0 Å². The summed E-state index contributed by atoms with van der Waals surface area (Å²) in [5, 5.41) is 0. The van der Waals surface area contributed by atoms with Crippen molar-refractivity contribution in [3.05, 3.63) is 47.5 Å². The van der Waals surface area contributed by atoms with E-state index in [0.717, 1.165) is 18.4 Å². The molecule has 15 heavy (non-hydrogen) atoms. The maximum Gasteiger partial charge on any atom is 0.333 e. The molecule has 0 bridgehead atoms.